The van der Waals surface area contributed by atoms with Crippen LogP contribution in [-0.4, -0.2) is 37.0 Å². The van der Waals surface area contributed by atoms with E-state index in [0.717, 1.165) is 42.9 Å². The van der Waals surface area contributed by atoms with Crippen LogP contribution in [0.1, 0.15) is 29.5 Å². The van der Waals surface area contributed by atoms with Crippen LogP contribution in [0.2, 0.25) is 0 Å². The maximum Gasteiger partial charge on any atom is 0.222 e. The van der Waals surface area contributed by atoms with Crippen molar-refractivity contribution in [1.29, 1.82) is 0 Å². The van der Waals surface area contributed by atoms with Gasteiger partial charge in [-0.3, -0.25) is 4.79 Å². The Morgan fingerprint density at radius 1 is 1.25 bits per heavy atom. The van der Waals surface area contributed by atoms with Gasteiger partial charge in [-0.25, -0.2) is 4.39 Å². The Kier molecular flexibility index (Phi) is 5.12. The van der Waals surface area contributed by atoms with Crippen LogP contribution >= 0.6 is 0 Å². The number of nitrogens with zero attached hydrogens (tertiary/aromatic N) is 1. The molecule has 1 heterocycles. The molecule has 0 spiro atoms. The Bertz CT molecular complexity index is 482. The van der Waals surface area contributed by atoms with Gasteiger partial charge in [-0.2, -0.15) is 0 Å². The van der Waals surface area contributed by atoms with Crippen molar-refractivity contribution in [2.75, 3.05) is 26.2 Å². The highest BCUT2D eigenvalue weighted by Crippen LogP contribution is 2.17. The number of aryl methyl sites for hydroxylation is 3. The fourth-order valence-corrected chi connectivity index (χ4v) is 2.53. The predicted molar refractivity (Wildman–Crippen MR) is 78.3 cm³/mol. The van der Waals surface area contributed by atoms with Crippen molar-refractivity contribution >= 4 is 5.91 Å². The molecule has 0 saturated carbocycles. The van der Waals surface area contributed by atoms with Gasteiger partial charge in [0.15, 0.2) is 0 Å². The van der Waals surface area contributed by atoms with Gasteiger partial charge < -0.3 is 10.2 Å². The van der Waals surface area contributed by atoms with E-state index in [2.05, 4.69) is 5.32 Å². The van der Waals surface area contributed by atoms with Crippen LogP contribution < -0.4 is 5.32 Å². The number of nitrogens with one attached hydrogen (secondary N) is 1. The summed E-state index contributed by atoms with van der Waals surface area (Å²) in [4.78, 5) is 13.9. The lowest BCUT2D eigenvalue weighted by molar-refractivity contribution is -0.131. The van der Waals surface area contributed by atoms with Gasteiger partial charge in [0.05, 0.1) is 0 Å². The zero-order chi connectivity index (χ0) is 14.5. The van der Waals surface area contributed by atoms with E-state index in [9.17, 15) is 9.18 Å². The number of halogens is 1. The third-order valence-electron chi connectivity index (χ3n) is 3.97. The Hall–Kier alpha value is -1.42. The normalized spacial score (nSPS) is 15.4. The number of piperazine rings is 1. The Morgan fingerprint density at radius 2 is 1.90 bits per heavy atom. The van der Waals surface area contributed by atoms with E-state index in [0.29, 0.717) is 19.3 Å². The molecule has 1 amide bonds. The molecule has 110 valence electrons. The molecule has 3 nitrogen and oxygen atoms in total. The molecule has 1 aromatic rings. The lowest BCUT2D eigenvalue weighted by Crippen LogP contribution is -2.46. The molecule has 1 aromatic carbocycles. The molecule has 0 atom stereocenters. The highest BCUT2D eigenvalue weighted by atomic mass is 19.1. The predicted octanol–water partition coefficient (Wildman–Crippen LogP) is 2.20. The minimum Gasteiger partial charge on any atom is -0.340 e. The minimum absolute atomic E-state index is 0.150. The number of carbonyl (C=O) groups excluding carboxylic acids is 1. The summed E-state index contributed by atoms with van der Waals surface area (Å²) < 4.78 is 13.8. The molecule has 1 fully saturated rings. The molecule has 1 N–H and O–H groups in total. The van der Waals surface area contributed by atoms with Gasteiger partial charge >= 0.3 is 0 Å². The van der Waals surface area contributed by atoms with Crippen molar-refractivity contribution < 1.29 is 9.18 Å². The fourth-order valence-electron chi connectivity index (χ4n) is 2.53. The van der Waals surface area contributed by atoms with Gasteiger partial charge in [0.2, 0.25) is 5.91 Å². The molecule has 1 aliphatic rings. The topological polar surface area (TPSA) is 32.3 Å². The maximum atomic E-state index is 13.8. The first kappa shape index (κ1) is 15.0. The van der Waals surface area contributed by atoms with Gasteiger partial charge in [-0.15, -0.1) is 0 Å². The number of amides is 1. The van der Waals surface area contributed by atoms with Gasteiger partial charge in [0, 0.05) is 32.6 Å². The van der Waals surface area contributed by atoms with Gasteiger partial charge in [0.1, 0.15) is 5.82 Å². The molecule has 2 rings (SSSR count). The van der Waals surface area contributed by atoms with E-state index >= 15 is 0 Å². The van der Waals surface area contributed by atoms with E-state index in [-0.39, 0.29) is 11.7 Å². The van der Waals surface area contributed by atoms with Crippen molar-refractivity contribution in [3.8, 4) is 0 Å². The third kappa shape index (κ3) is 3.79. The first-order valence-corrected chi connectivity index (χ1v) is 7.32. The van der Waals surface area contributed by atoms with Crippen molar-refractivity contribution in [3.05, 3.63) is 34.6 Å². The lowest BCUT2D eigenvalue weighted by atomic mass is 10.0. The molecule has 1 aliphatic heterocycles. The quantitative estimate of drug-likeness (QED) is 0.915. The average Bonchev–Trinajstić information content (AvgIpc) is 2.45. The molecule has 0 aliphatic carbocycles. The van der Waals surface area contributed by atoms with Gasteiger partial charge in [0.25, 0.3) is 0 Å². The minimum atomic E-state index is -0.150. The summed E-state index contributed by atoms with van der Waals surface area (Å²) in [5, 5.41) is 3.23. The van der Waals surface area contributed by atoms with E-state index in [4.69, 9.17) is 0 Å². The van der Waals surface area contributed by atoms with E-state index in [1.165, 1.54) is 0 Å². The van der Waals surface area contributed by atoms with Crippen LogP contribution in [0.25, 0.3) is 0 Å². The second-order valence-corrected chi connectivity index (χ2v) is 5.51. The summed E-state index contributed by atoms with van der Waals surface area (Å²) in [6.45, 7) is 7.23. The molecule has 0 unspecified atom stereocenters. The summed E-state index contributed by atoms with van der Waals surface area (Å²) in [6.07, 6.45) is 1.85. The van der Waals surface area contributed by atoms with E-state index in [1.54, 1.807) is 6.07 Å². The molecular formula is C16H23FN2O. The van der Waals surface area contributed by atoms with Crippen LogP contribution in [0.3, 0.4) is 0 Å². The lowest BCUT2D eigenvalue weighted by Gasteiger charge is -2.27. The van der Waals surface area contributed by atoms with Gasteiger partial charge in [-0.05, 0) is 49.4 Å². The number of carbonyl (C=O) groups is 1. The molecule has 20 heavy (non-hydrogen) atoms. The molecular weight excluding hydrogens is 255 g/mol. The SMILES string of the molecule is Cc1cc(F)c(CCCC(=O)N2CCNCC2)cc1C. The van der Waals surface area contributed by atoms with Crippen LogP contribution in [0.4, 0.5) is 4.39 Å². The maximum absolute atomic E-state index is 13.8. The molecule has 0 bridgehead atoms. The number of hydrogen-bond acceptors (Lipinski definition) is 2. The van der Waals surface area contributed by atoms with Crippen LogP contribution in [0.15, 0.2) is 12.1 Å². The second kappa shape index (κ2) is 6.84. The van der Waals surface area contributed by atoms with Crippen LogP contribution in [-0.2, 0) is 11.2 Å². The summed E-state index contributed by atoms with van der Waals surface area (Å²) in [5.41, 5.74) is 2.80. The summed E-state index contributed by atoms with van der Waals surface area (Å²) in [7, 11) is 0. The fraction of sp³-hybridized carbons (Fsp3) is 0.562. The highest BCUT2D eigenvalue weighted by Gasteiger charge is 2.15. The number of rotatable bonds is 4. The second-order valence-electron chi connectivity index (χ2n) is 5.51. The van der Waals surface area contributed by atoms with Crippen molar-refractivity contribution in [1.82, 2.24) is 10.2 Å². The molecule has 0 aromatic heterocycles. The van der Waals surface area contributed by atoms with Gasteiger partial charge in [-0.1, -0.05) is 6.07 Å². The van der Waals surface area contributed by atoms with Crippen LogP contribution in [0.5, 0.6) is 0 Å². The molecule has 4 heteroatoms. The third-order valence-corrected chi connectivity index (χ3v) is 3.97. The average molecular weight is 278 g/mol. The first-order valence-electron chi connectivity index (χ1n) is 7.32. The monoisotopic (exact) mass is 278 g/mol. The smallest absolute Gasteiger partial charge is 0.222 e. The summed E-state index contributed by atoms with van der Waals surface area (Å²) in [6, 6.07) is 3.49. The van der Waals surface area contributed by atoms with E-state index in [1.807, 2.05) is 24.8 Å². The van der Waals surface area contributed by atoms with E-state index < -0.39 is 0 Å². The number of benzene rings is 1. The Balaban J connectivity index is 1.83. The van der Waals surface area contributed by atoms with Crippen molar-refractivity contribution in [3.63, 3.8) is 0 Å². The first-order chi connectivity index (χ1) is 9.58. The zero-order valence-corrected chi connectivity index (χ0v) is 12.3. The standard InChI is InChI=1S/C16H23FN2O/c1-12-10-14(15(17)11-13(12)2)4-3-5-16(20)19-8-6-18-7-9-19/h10-11,18H,3-9H2,1-2H3. The zero-order valence-electron chi connectivity index (χ0n) is 12.3. The van der Waals surface area contributed by atoms with Crippen molar-refractivity contribution in [2.24, 2.45) is 0 Å². The number of hydrogen-bond donors (Lipinski definition) is 1. The van der Waals surface area contributed by atoms with Crippen LogP contribution in [0, 0.1) is 19.7 Å². The largest absolute Gasteiger partial charge is 0.340 e. The summed E-state index contributed by atoms with van der Waals surface area (Å²) >= 11 is 0. The highest BCUT2D eigenvalue weighted by molar-refractivity contribution is 5.76. The molecule has 1 saturated heterocycles. The Morgan fingerprint density at radius 3 is 2.60 bits per heavy atom. The van der Waals surface area contributed by atoms with Crippen molar-refractivity contribution in [2.45, 2.75) is 33.1 Å². The summed E-state index contributed by atoms with van der Waals surface area (Å²) in [5.74, 6) is 0.0402. The Labute approximate surface area is 120 Å². The molecule has 0 radical (unpaired) electrons.